The van der Waals surface area contributed by atoms with Gasteiger partial charge in [0.2, 0.25) is 5.90 Å². The van der Waals surface area contributed by atoms with Crippen LogP contribution in [0.4, 0.5) is 0 Å². The van der Waals surface area contributed by atoms with Gasteiger partial charge in [0.05, 0.1) is 23.8 Å². The number of amides is 1. The van der Waals surface area contributed by atoms with E-state index in [1.165, 1.54) is 12.1 Å². The molecule has 1 aliphatic rings. The van der Waals surface area contributed by atoms with Crippen molar-refractivity contribution in [2.45, 2.75) is 42.3 Å². The molecule has 50 heavy (non-hydrogen) atoms. The van der Waals surface area contributed by atoms with Crippen LogP contribution in [0.2, 0.25) is 5.02 Å². The summed E-state index contributed by atoms with van der Waals surface area (Å²) in [5.41, 5.74) is 15.7. The number of hydrazine groups is 1. The average molecular weight is 717 g/mol. The van der Waals surface area contributed by atoms with Crippen LogP contribution >= 0.6 is 11.6 Å². The van der Waals surface area contributed by atoms with Gasteiger partial charge in [-0.15, -0.1) is 0 Å². The van der Waals surface area contributed by atoms with Gasteiger partial charge in [0.15, 0.2) is 21.5 Å². The van der Waals surface area contributed by atoms with Crippen LogP contribution in [-0.2, 0) is 32.3 Å². The van der Waals surface area contributed by atoms with Gasteiger partial charge in [-0.2, -0.15) is 0 Å². The molecular formula is C36H37ClN6O6S. The summed E-state index contributed by atoms with van der Waals surface area (Å²) in [6.07, 6.45) is -0.275. The smallest absolute Gasteiger partial charge is 0.266 e. The zero-order chi connectivity index (χ0) is 35.4. The molecule has 14 heteroatoms. The lowest BCUT2D eigenvalue weighted by atomic mass is 9.83. The molecule has 4 aromatic rings. The van der Waals surface area contributed by atoms with Crippen LogP contribution in [0.3, 0.4) is 0 Å². The number of sulfone groups is 1. The number of hydrogen-bond acceptors (Lipinski definition) is 9. The van der Waals surface area contributed by atoms with Gasteiger partial charge in [-0.25, -0.2) is 18.8 Å². The van der Waals surface area contributed by atoms with E-state index in [9.17, 15) is 13.2 Å². The summed E-state index contributed by atoms with van der Waals surface area (Å²) >= 11 is 6.02. The standard InChI is InChI=1S/C36H37ClN6O6S/c37-29-15-11-26(12-16-29)19-21-39-42-35(45)36(20-24-50(46,47)31-8-2-1-3-9-31)33(32-10-5-4-7-28(32)25-40-43-38)49-34(41-36)27-13-17-30(18-14-27)48-23-6-22-44/h1-5,7-18,33,39,44H,6,19-25H2,(H,42,45)/t33-,36-/m0/s1. The molecule has 0 unspecified atom stereocenters. The molecule has 260 valence electrons. The van der Waals surface area contributed by atoms with Crippen LogP contribution in [0.25, 0.3) is 10.4 Å². The van der Waals surface area contributed by atoms with E-state index < -0.39 is 33.1 Å². The molecule has 1 aliphatic heterocycles. The summed E-state index contributed by atoms with van der Waals surface area (Å²) in [4.78, 5) is 22.4. The molecule has 1 heterocycles. The van der Waals surface area contributed by atoms with Crippen LogP contribution in [0.5, 0.6) is 5.75 Å². The first-order chi connectivity index (χ1) is 24.3. The number of aliphatic hydroxyl groups is 1. The Hall–Kier alpha value is -4.91. The number of nitrogens with zero attached hydrogens (tertiary/aromatic N) is 4. The Labute approximate surface area is 295 Å². The van der Waals surface area contributed by atoms with E-state index in [1.807, 2.05) is 12.1 Å². The first-order valence-electron chi connectivity index (χ1n) is 16.0. The van der Waals surface area contributed by atoms with Crippen molar-refractivity contribution in [1.29, 1.82) is 0 Å². The van der Waals surface area contributed by atoms with E-state index >= 15 is 0 Å². The highest BCUT2D eigenvalue weighted by Gasteiger charge is 2.54. The predicted octanol–water partition coefficient (Wildman–Crippen LogP) is 5.90. The Bertz CT molecular complexity index is 1940. The largest absolute Gasteiger partial charge is 0.494 e. The number of carbonyl (C=O) groups excluding carboxylic acids is 1. The number of aliphatic imine (C=N–C) groups is 1. The van der Waals surface area contributed by atoms with Crippen molar-refractivity contribution in [2.75, 3.05) is 25.5 Å². The third-order valence-corrected chi connectivity index (χ3v) is 10.2. The normalized spacial score (nSPS) is 16.9. The quantitative estimate of drug-likeness (QED) is 0.0401. The van der Waals surface area contributed by atoms with Gasteiger partial charge in [-0.05, 0) is 77.2 Å². The minimum absolute atomic E-state index is 0.00535. The summed E-state index contributed by atoms with van der Waals surface area (Å²) in [6.45, 7) is 0.674. The zero-order valence-corrected chi connectivity index (χ0v) is 28.7. The van der Waals surface area contributed by atoms with Gasteiger partial charge in [0.1, 0.15) is 5.75 Å². The van der Waals surface area contributed by atoms with E-state index in [1.54, 1.807) is 78.9 Å². The molecule has 0 radical (unpaired) electrons. The maximum Gasteiger partial charge on any atom is 0.266 e. The lowest BCUT2D eigenvalue weighted by Crippen LogP contribution is -2.53. The topological polar surface area (TPSA) is 175 Å². The summed E-state index contributed by atoms with van der Waals surface area (Å²) in [5.74, 6) is -0.314. The monoisotopic (exact) mass is 716 g/mol. The minimum Gasteiger partial charge on any atom is -0.494 e. The number of ether oxygens (including phenoxy) is 2. The van der Waals surface area contributed by atoms with E-state index in [2.05, 4.69) is 20.9 Å². The fourth-order valence-corrected chi connectivity index (χ4v) is 7.05. The fraction of sp³-hybridized carbons (Fsp3) is 0.278. The molecule has 12 nitrogen and oxygen atoms in total. The van der Waals surface area contributed by atoms with E-state index in [-0.39, 0.29) is 30.4 Å². The third-order valence-electron chi connectivity index (χ3n) is 8.18. The molecule has 2 atom stereocenters. The van der Waals surface area contributed by atoms with Crippen LogP contribution in [0.15, 0.2) is 118 Å². The molecular weight excluding hydrogens is 680 g/mol. The first-order valence-corrected chi connectivity index (χ1v) is 18.0. The van der Waals surface area contributed by atoms with Gasteiger partial charge < -0.3 is 14.6 Å². The van der Waals surface area contributed by atoms with Crippen molar-refractivity contribution in [1.82, 2.24) is 10.9 Å². The van der Waals surface area contributed by atoms with Gasteiger partial charge in [0, 0.05) is 41.5 Å². The van der Waals surface area contributed by atoms with Gasteiger partial charge in [-0.3, -0.25) is 10.2 Å². The fourth-order valence-electron chi connectivity index (χ4n) is 5.53. The number of rotatable bonds is 17. The number of carbonyl (C=O) groups is 1. The van der Waals surface area contributed by atoms with Crippen molar-refractivity contribution in [3.63, 3.8) is 0 Å². The zero-order valence-electron chi connectivity index (χ0n) is 27.1. The third kappa shape index (κ3) is 9.00. The van der Waals surface area contributed by atoms with E-state index in [0.717, 1.165) is 5.56 Å². The molecule has 0 fully saturated rings. The molecule has 4 aromatic carbocycles. The molecule has 0 spiro atoms. The highest BCUT2D eigenvalue weighted by molar-refractivity contribution is 7.91. The van der Waals surface area contributed by atoms with Gasteiger partial charge >= 0.3 is 0 Å². The lowest BCUT2D eigenvalue weighted by Gasteiger charge is -2.31. The van der Waals surface area contributed by atoms with E-state index in [0.29, 0.717) is 53.5 Å². The second-order valence-electron chi connectivity index (χ2n) is 11.5. The number of benzene rings is 4. The van der Waals surface area contributed by atoms with Crippen LogP contribution in [0, 0.1) is 0 Å². The van der Waals surface area contributed by atoms with E-state index in [4.69, 9.17) is 36.7 Å². The Morgan fingerprint density at radius 1 is 1.02 bits per heavy atom. The highest BCUT2D eigenvalue weighted by atomic mass is 35.5. The first kappa shape index (κ1) is 36.4. The van der Waals surface area contributed by atoms with Crippen LogP contribution < -0.4 is 15.6 Å². The second-order valence-corrected chi connectivity index (χ2v) is 14.1. The van der Waals surface area contributed by atoms with Crippen molar-refractivity contribution in [3.05, 3.63) is 141 Å². The van der Waals surface area contributed by atoms with Crippen molar-refractivity contribution in [2.24, 2.45) is 10.1 Å². The van der Waals surface area contributed by atoms with Gasteiger partial charge in [-0.1, -0.05) is 71.3 Å². The SMILES string of the molecule is [N-]=[N+]=NCc1ccccc1[C@@H]1OC(c2ccc(OCCCO)cc2)=N[C@]1(CCS(=O)(=O)c1ccccc1)C(=O)NNCCc1ccc(Cl)cc1. The lowest BCUT2D eigenvalue weighted by molar-refractivity contribution is -0.130. The predicted molar refractivity (Wildman–Crippen MR) is 190 cm³/mol. The maximum absolute atomic E-state index is 14.5. The Morgan fingerprint density at radius 3 is 2.46 bits per heavy atom. The molecule has 0 saturated carbocycles. The summed E-state index contributed by atoms with van der Waals surface area (Å²) in [7, 11) is -3.85. The minimum atomic E-state index is -3.85. The molecule has 0 aromatic heterocycles. The molecule has 0 aliphatic carbocycles. The number of halogens is 1. The Kier molecular flexibility index (Phi) is 12.5. The van der Waals surface area contributed by atoms with Gasteiger partial charge in [0.25, 0.3) is 5.91 Å². The van der Waals surface area contributed by atoms with Crippen LogP contribution in [0.1, 0.15) is 41.2 Å². The molecule has 3 N–H and O–H groups in total. The molecule has 0 bridgehead atoms. The second kappa shape index (κ2) is 17.1. The highest BCUT2D eigenvalue weighted by Crippen LogP contribution is 2.44. The number of aliphatic hydroxyl groups excluding tert-OH is 1. The average Bonchev–Trinajstić information content (AvgIpc) is 3.54. The van der Waals surface area contributed by atoms with Crippen molar-refractivity contribution < 1.29 is 27.8 Å². The Morgan fingerprint density at radius 2 is 1.74 bits per heavy atom. The maximum atomic E-state index is 14.5. The van der Waals surface area contributed by atoms with Crippen molar-refractivity contribution >= 4 is 33.2 Å². The summed E-state index contributed by atoms with van der Waals surface area (Å²) in [6, 6.07) is 29.4. The van der Waals surface area contributed by atoms with Crippen LogP contribution in [-0.4, -0.2) is 56.4 Å². The molecule has 0 saturated heterocycles. The number of hydrogen-bond donors (Lipinski definition) is 3. The number of azide groups is 1. The summed E-state index contributed by atoms with van der Waals surface area (Å²) < 4.78 is 39.4. The summed E-state index contributed by atoms with van der Waals surface area (Å²) in [5, 5.41) is 13.4. The molecule has 5 rings (SSSR count). The number of nitrogens with one attached hydrogen (secondary N) is 2. The Balaban J connectivity index is 1.53. The molecule has 1 amide bonds. The van der Waals surface area contributed by atoms with Crippen molar-refractivity contribution in [3.8, 4) is 5.75 Å².